The van der Waals surface area contributed by atoms with Crippen molar-refractivity contribution in [1.29, 1.82) is 0 Å². The first-order valence-corrected chi connectivity index (χ1v) is 10.3. The van der Waals surface area contributed by atoms with Gasteiger partial charge in [-0.05, 0) is 12.8 Å². The molecule has 0 heterocycles. The van der Waals surface area contributed by atoms with Gasteiger partial charge < -0.3 is 18.9 Å². The van der Waals surface area contributed by atoms with Crippen molar-refractivity contribution in [1.82, 2.24) is 0 Å². The molecule has 0 aliphatic carbocycles. The minimum absolute atomic E-state index is 0.0684. The number of ether oxygens (including phenoxy) is 4. The first-order valence-electron chi connectivity index (χ1n) is 8.76. The summed E-state index contributed by atoms with van der Waals surface area (Å²) >= 11 is 0. The summed E-state index contributed by atoms with van der Waals surface area (Å²) in [6, 6.07) is 0. The highest BCUT2D eigenvalue weighted by Gasteiger charge is 2.35. The zero-order chi connectivity index (χ0) is 19.8. The number of hydrogen-bond acceptors (Lipinski definition) is 8. The third kappa shape index (κ3) is 13.0. The van der Waals surface area contributed by atoms with E-state index in [4.69, 9.17) is 23.5 Å². The number of esters is 2. The fourth-order valence-electron chi connectivity index (χ4n) is 1.73. The molecule has 1 unspecified atom stereocenters. The lowest BCUT2D eigenvalue weighted by molar-refractivity contribution is -0.151. The number of carbonyl (C=O) groups is 2. The summed E-state index contributed by atoms with van der Waals surface area (Å²) in [6.45, 7) is 5.07. The van der Waals surface area contributed by atoms with Gasteiger partial charge in [-0.3, -0.25) is 14.1 Å². The van der Waals surface area contributed by atoms with Crippen LogP contribution in [0.2, 0.25) is 0 Å². The zero-order valence-electron chi connectivity index (χ0n) is 15.5. The summed E-state index contributed by atoms with van der Waals surface area (Å²) < 4.78 is 51.7. The van der Waals surface area contributed by atoms with Crippen LogP contribution in [0.5, 0.6) is 0 Å². The number of carbonyl (C=O) groups excluding carboxylic acids is 2. The van der Waals surface area contributed by atoms with E-state index in [2.05, 4.69) is 0 Å². The van der Waals surface area contributed by atoms with Crippen molar-refractivity contribution >= 4 is 22.1 Å². The van der Waals surface area contributed by atoms with Crippen molar-refractivity contribution in [3.63, 3.8) is 0 Å². The normalized spacial score (nSPS) is 12.6. The van der Waals surface area contributed by atoms with E-state index in [9.17, 15) is 18.0 Å². The molecule has 0 aliphatic rings. The first kappa shape index (κ1) is 24.8. The maximum Gasteiger partial charge on any atom is 0.327 e. The van der Waals surface area contributed by atoms with Crippen LogP contribution in [-0.2, 0) is 38.7 Å². The monoisotopic (exact) mass is 398 g/mol. The molecule has 0 radical (unpaired) electrons. The molecule has 0 saturated carbocycles. The molecule has 10 heteroatoms. The van der Waals surface area contributed by atoms with Crippen LogP contribution < -0.4 is 0 Å². The molecule has 1 atom stereocenters. The van der Waals surface area contributed by atoms with Crippen LogP contribution in [-0.4, -0.2) is 69.8 Å². The highest BCUT2D eigenvalue weighted by atomic mass is 32.2. The highest BCUT2D eigenvalue weighted by molar-refractivity contribution is 7.87. The summed E-state index contributed by atoms with van der Waals surface area (Å²) in [7, 11) is -4.80. The summed E-state index contributed by atoms with van der Waals surface area (Å²) in [6.07, 6.45) is 2.84. The largest absolute Gasteiger partial charge is 0.463 e. The number of hydrogen-bond donors (Lipinski definition) is 1. The SMILES string of the molecule is CCCCOCCOC(=O)CC(C(=O)OCCOCCCC)S(=O)(=O)O. The van der Waals surface area contributed by atoms with Crippen molar-refractivity contribution in [3.8, 4) is 0 Å². The lowest BCUT2D eigenvalue weighted by Gasteiger charge is -2.13. The minimum Gasteiger partial charge on any atom is -0.463 e. The van der Waals surface area contributed by atoms with Crippen LogP contribution in [0, 0.1) is 0 Å². The molecule has 26 heavy (non-hydrogen) atoms. The van der Waals surface area contributed by atoms with E-state index in [0.29, 0.717) is 13.2 Å². The maximum atomic E-state index is 11.8. The van der Waals surface area contributed by atoms with Gasteiger partial charge in [-0.15, -0.1) is 0 Å². The fourth-order valence-corrected chi connectivity index (χ4v) is 2.38. The van der Waals surface area contributed by atoms with E-state index < -0.39 is 33.7 Å². The van der Waals surface area contributed by atoms with E-state index in [1.807, 2.05) is 13.8 Å². The Bertz CT molecular complexity index is 490. The molecule has 9 nitrogen and oxygen atoms in total. The molecule has 154 valence electrons. The van der Waals surface area contributed by atoms with Gasteiger partial charge >= 0.3 is 11.9 Å². The average Bonchev–Trinajstić information content (AvgIpc) is 2.57. The van der Waals surface area contributed by atoms with Crippen LogP contribution in [0.1, 0.15) is 46.0 Å². The molecule has 0 amide bonds. The summed E-state index contributed by atoms with van der Waals surface area (Å²) in [5.41, 5.74) is 0. The van der Waals surface area contributed by atoms with Crippen LogP contribution >= 0.6 is 0 Å². The van der Waals surface area contributed by atoms with Gasteiger partial charge in [0, 0.05) is 13.2 Å². The Hall–Kier alpha value is -1.23. The van der Waals surface area contributed by atoms with Crippen LogP contribution in [0.25, 0.3) is 0 Å². The first-order chi connectivity index (χ1) is 12.3. The molecule has 1 N–H and O–H groups in total. The molecule has 0 aromatic carbocycles. The van der Waals surface area contributed by atoms with Crippen molar-refractivity contribution in [2.75, 3.05) is 39.6 Å². The summed E-state index contributed by atoms with van der Waals surface area (Å²) in [5.74, 6) is -2.16. The van der Waals surface area contributed by atoms with Gasteiger partial charge in [0.25, 0.3) is 10.1 Å². The number of unbranched alkanes of at least 4 members (excludes halogenated alkanes) is 2. The van der Waals surface area contributed by atoms with E-state index in [-0.39, 0.29) is 26.4 Å². The topological polar surface area (TPSA) is 125 Å². The van der Waals surface area contributed by atoms with Crippen molar-refractivity contribution in [3.05, 3.63) is 0 Å². The van der Waals surface area contributed by atoms with Gasteiger partial charge in [-0.1, -0.05) is 26.7 Å². The zero-order valence-corrected chi connectivity index (χ0v) is 16.3. The summed E-state index contributed by atoms with van der Waals surface area (Å²) in [4.78, 5) is 23.5. The third-order valence-electron chi connectivity index (χ3n) is 3.22. The molecule has 0 aromatic heterocycles. The summed E-state index contributed by atoms with van der Waals surface area (Å²) in [5, 5.41) is -2.02. The fraction of sp³-hybridized carbons (Fsp3) is 0.875. The van der Waals surface area contributed by atoms with Crippen LogP contribution in [0.4, 0.5) is 0 Å². The van der Waals surface area contributed by atoms with E-state index in [1.165, 1.54) is 0 Å². The molecule has 0 fully saturated rings. The van der Waals surface area contributed by atoms with Crippen molar-refractivity contribution in [2.45, 2.75) is 51.2 Å². The van der Waals surface area contributed by atoms with Gasteiger partial charge in [0.15, 0.2) is 5.25 Å². The third-order valence-corrected chi connectivity index (χ3v) is 4.30. The second-order valence-corrected chi connectivity index (χ2v) is 7.13. The van der Waals surface area contributed by atoms with Gasteiger partial charge in [-0.2, -0.15) is 8.42 Å². The molecule has 0 spiro atoms. The molecule has 0 bridgehead atoms. The Morgan fingerprint density at radius 1 is 0.846 bits per heavy atom. The second kappa shape index (κ2) is 14.9. The van der Waals surface area contributed by atoms with E-state index in [1.54, 1.807) is 0 Å². The Balaban J connectivity index is 4.22. The van der Waals surface area contributed by atoms with Crippen molar-refractivity contribution in [2.24, 2.45) is 0 Å². The quantitative estimate of drug-likeness (QED) is 0.233. The smallest absolute Gasteiger partial charge is 0.327 e. The van der Waals surface area contributed by atoms with Crippen molar-refractivity contribution < 1.29 is 41.5 Å². The highest BCUT2D eigenvalue weighted by Crippen LogP contribution is 2.09. The van der Waals surface area contributed by atoms with Gasteiger partial charge in [0.1, 0.15) is 13.2 Å². The molecular weight excluding hydrogens is 368 g/mol. The Morgan fingerprint density at radius 3 is 1.81 bits per heavy atom. The van der Waals surface area contributed by atoms with Gasteiger partial charge in [0.2, 0.25) is 0 Å². The van der Waals surface area contributed by atoms with E-state index >= 15 is 0 Å². The molecule has 0 saturated heterocycles. The second-order valence-electron chi connectivity index (χ2n) is 5.53. The Morgan fingerprint density at radius 2 is 1.35 bits per heavy atom. The average molecular weight is 398 g/mol. The van der Waals surface area contributed by atoms with Crippen LogP contribution in [0.3, 0.4) is 0 Å². The Labute approximate surface area is 155 Å². The predicted molar refractivity (Wildman–Crippen MR) is 93.3 cm³/mol. The van der Waals surface area contributed by atoms with Crippen LogP contribution in [0.15, 0.2) is 0 Å². The lowest BCUT2D eigenvalue weighted by atomic mass is 10.3. The van der Waals surface area contributed by atoms with Gasteiger partial charge in [-0.25, -0.2) is 0 Å². The standard InChI is InChI=1S/C16H30O9S/c1-3-5-7-22-9-11-24-15(17)13-14(26(19,20)21)16(18)25-12-10-23-8-6-4-2/h14H,3-13H2,1-2H3,(H,19,20,21). The van der Waals surface area contributed by atoms with Gasteiger partial charge in [0.05, 0.1) is 19.6 Å². The number of rotatable bonds is 16. The maximum absolute atomic E-state index is 11.8. The Kier molecular flexibility index (Phi) is 14.2. The molecule has 0 rings (SSSR count). The minimum atomic E-state index is -4.80. The molecular formula is C16H30O9S. The predicted octanol–water partition coefficient (Wildman–Crippen LogP) is 1.35. The lowest BCUT2D eigenvalue weighted by Crippen LogP contribution is -2.35. The van der Waals surface area contributed by atoms with E-state index in [0.717, 1.165) is 25.7 Å². The molecule has 0 aliphatic heterocycles. The molecule has 0 aromatic rings.